The van der Waals surface area contributed by atoms with Crippen LogP contribution in [-0.2, 0) is 4.74 Å². The van der Waals surface area contributed by atoms with Gasteiger partial charge in [-0.15, -0.1) is 0 Å². The van der Waals surface area contributed by atoms with E-state index in [1.54, 1.807) is 45.0 Å². The first-order valence-corrected chi connectivity index (χ1v) is 10.4. The number of hydrogen-bond acceptors (Lipinski definition) is 4. The lowest BCUT2D eigenvalue weighted by molar-refractivity contribution is 0.0117. The van der Waals surface area contributed by atoms with Crippen LogP contribution in [0.15, 0.2) is 48.5 Å². The van der Waals surface area contributed by atoms with Gasteiger partial charge in [-0.1, -0.05) is 23.7 Å². The lowest BCUT2D eigenvalue weighted by Crippen LogP contribution is -2.41. The Morgan fingerprint density at radius 3 is 2.50 bits per heavy atom. The molecule has 0 aliphatic rings. The van der Waals surface area contributed by atoms with Gasteiger partial charge in [0, 0.05) is 8.59 Å². The highest BCUT2D eigenvalue weighted by atomic mass is 127. The van der Waals surface area contributed by atoms with Gasteiger partial charge in [0.15, 0.2) is 0 Å². The Hall–Kier alpha value is -1.51. The molecular weight excluding hydrogens is 493 g/mol. The molecule has 0 fully saturated rings. The van der Waals surface area contributed by atoms with E-state index in [1.807, 2.05) is 24.3 Å². The number of carbonyl (C=O) groups is 1. The first-order chi connectivity index (χ1) is 13.1. The number of hydrogen-bond donors (Lipinski definition) is 1. The van der Waals surface area contributed by atoms with Crippen LogP contribution >= 0.6 is 34.2 Å². The fourth-order valence-electron chi connectivity index (χ4n) is 2.42. The number of amides is 1. The number of ether oxygens (including phenoxy) is 2. The Kier molecular flexibility index (Phi) is 8.39. The Morgan fingerprint density at radius 1 is 1.21 bits per heavy atom. The number of rotatable bonds is 7. The second-order valence-corrected chi connectivity index (χ2v) is 8.98. The fourth-order valence-corrected chi connectivity index (χ4v) is 2.97. The minimum absolute atomic E-state index is 0.0747. The summed E-state index contributed by atoms with van der Waals surface area (Å²) < 4.78 is 12.3. The first kappa shape index (κ1) is 22.8. The quantitative estimate of drug-likeness (QED) is 0.507. The molecule has 2 aromatic carbocycles. The number of halogens is 2. The van der Waals surface area contributed by atoms with Gasteiger partial charge in [0.05, 0.1) is 19.2 Å². The maximum atomic E-state index is 12.6. The van der Waals surface area contributed by atoms with Crippen molar-refractivity contribution < 1.29 is 19.4 Å². The summed E-state index contributed by atoms with van der Waals surface area (Å²) in [7, 11) is 0. The van der Waals surface area contributed by atoms with Crippen molar-refractivity contribution in [2.75, 3.05) is 19.7 Å². The highest BCUT2D eigenvalue weighted by molar-refractivity contribution is 14.1. The molecule has 0 bridgehead atoms. The molecule has 0 aliphatic carbocycles. The molecule has 1 atom stereocenters. The summed E-state index contributed by atoms with van der Waals surface area (Å²) in [5, 5.41) is 11.1. The molecular formula is C21H25ClINO4. The van der Waals surface area contributed by atoms with Crippen molar-refractivity contribution in [3.8, 4) is 5.75 Å². The number of nitrogens with zero attached hydrogens (tertiary/aromatic N) is 1. The van der Waals surface area contributed by atoms with E-state index in [4.69, 9.17) is 21.1 Å². The molecule has 0 aromatic heterocycles. The van der Waals surface area contributed by atoms with Crippen LogP contribution in [-0.4, -0.2) is 41.4 Å². The van der Waals surface area contributed by atoms with Crippen molar-refractivity contribution >= 4 is 40.3 Å². The van der Waals surface area contributed by atoms with Gasteiger partial charge in [-0.2, -0.15) is 0 Å². The van der Waals surface area contributed by atoms with Crippen LogP contribution in [0.25, 0.3) is 0 Å². The maximum absolute atomic E-state index is 12.6. The van der Waals surface area contributed by atoms with E-state index in [0.717, 1.165) is 9.32 Å². The van der Waals surface area contributed by atoms with E-state index in [9.17, 15) is 9.90 Å². The van der Waals surface area contributed by atoms with Crippen LogP contribution in [0.4, 0.5) is 4.79 Å². The Labute approximate surface area is 184 Å². The molecule has 0 heterocycles. The third kappa shape index (κ3) is 7.85. The second-order valence-electron chi connectivity index (χ2n) is 7.30. The minimum atomic E-state index is -0.885. The van der Waals surface area contributed by atoms with E-state index in [0.29, 0.717) is 10.6 Å². The van der Waals surface area contributed by atoms with Crippen LogP contribution in [0.5, 0.6) is 5.75 Å². The second kappa shape index (κ2) is 10.3. The molecule has 7 heteroatoms. The number of benzene rings is 2. The summed E-state index contributed by atoms with van der Waals surface area (Å²) in [6.45, 7) is 6.04. The van der Waals surface area contributed by atoms with Gasteiger partial charge in [-0.25, -0.2) is 4.79 Å². The van der Waals surface area contributed by atoms with Crippen LogP contribution < -0.4 is 4.74 Å². The van der Waals surface area contributed by atoms with Gasteiger partial charge in [-0.3, -0.25) is 0 Å². The summed E-state index contributed by atoms with van der Waals surface area (Å²) in [5.74, 6) is 0.722. The van der Waals surface area contributed by atoms with Crippen molar-refractivity contribution in [3.05, 3.63) is 62.7 Å². The fraction of sp³-hybridized carbons (Fsp3) is 0.381. The molecule has 5 nitrogen and oxygen atoms in total. The molecule has 2 aromatic rings. The Bertz CT molecular complexity index is 777. The molecule has 152 valence electrons. The average Bonchev–Trinajstić information content (AvgIpc) is 2.61. The molecule has 0 aliphatic heterocycles. The third-order valence-corrected chi connectivity index (χ3v) is 4.68. The van der Waals surface area contributed by atoms with Gasteiger partial charge < -0.3 is 19.5 Å². The lowest BCUT2D eigenvalue weighted by Gasteiger charge is -2.29. The predicted molar refractivity (Wildman–Crippen MR) is 119 cm³/mol. The van der Waals surface area contributed by atoms with Crippen LogP contribution in [0.2, 0.25) is 5.02 Å². The summed E-state index contributed by atoms with van der Waals surface area (Å²) in [4.78, 5) is 14.0. The van der Waals surface area contributed by atoms with E-state index >= 15 is 0 Å². The van der Waals surface area contributed by atoms with Crippen molar-refractivity contribution in [1.29, 1.82) is 0 Å². The highest BCUT2D eigenvalue weighted by Gasteiger charge is 2.24. The molecule has 1 N–H and O–H groups in total. The van der Waals surface area contributed by atoms with Gasteiger partial charge in [0.25, 0.3) is 0 Å². The van der Waals surface area contributed by atoms with E-state index in [1.165, 1.54) is 4.90 Å². The van der Waals surface area contributed by atoms with Gasteiger partial charge in [0.1, 0.15) is 18.0 Å². The Morgan fingerprint density at radius 2 is 1.89 bits per heavy atom. The summed E-state index contributed by atoms with van der Waals surface area (Å²) in [6.07, 6.45) is -1.38. The monoisotopic (exact) mass is 517 g/mol. The smallest absolute Gasteiger partial charge is 0.410 e. The molecule has 0 spiro atoms. The summed E-state index contributed by atoms with van der Waals surface area (Å²) >= 11 is 8.23. The molecule has 28 heavy (non-hydrogen) atoms. The van der Waals surface area contributed by atoms with Crippen molar-refractivity contribution in [1.82, 2.24) is 4.90 Å². The van der Waals surface area contributed by atoms with Crippen molar-refractivity contribution in [2.24, 2.45) is 0 Å². The zero-order valence-electron chi connectivity index (χ0n) is 16.2. The normalized spacial score (nSPS) is 12.4. The lowest BCUT2D eigenvalue weighted by atomic mass is 10.1. The molecule has 2 rings (SSSR count). The zero-order chi connectivity index (χ0) is 20.7. The number of aliphatic hydroxyl groups is 1. The third-order valence-electron chi connectivity index (χ3n) is 3.72. The van der Waals surface area contributed by atoms with Crippen LogP contribution in [0.3, 0.4) is 0 Å². The SMILES string of the molecule is CC(C)(C)OC(=O)N(CCOc1ccc(I)cc1)C[C@H](O)c1cccc(Cl)c1. The maximum Gasteiger partial charge on any atom is 0.410 e. The summed E-state index contributed by atoms with van der Waals surface area (Å²) in [6, 6.07) is 14.6. The number of aliphatic hydroxyl groups excluding tert-OH is 1. The number of carbonyl (C=O) groups excluding carboxylic acids is 1. The highest BCUT2D eigenvalue weighted by Crippen LogP contribution is 2.20. The van der Waals surface area contributed by atoms with E-state index in [2.05, 4.69) is 22.6 Å². The average molecular weight is 518 g/mol. The van der Waals surface area contributed by atoms with Gasteiger partial charge >= 0.3 is 6.09 Å². The molecule has 0 saturated heterocycles. The van der Waals surface area contributed by atoms with Crippen LogP contribution in [0.1, 0.15) is 32.4 Å². The molecule has 0 saturated carbocycles. The zero-order valence-corrected chi connectivity index (χ0v) is 19.1. The predicted octanol–water partition coefficient (Wildman–Crippen LogP) is 5.29. The van der Waals surface area contributed by atoms with Crippen LogP contribution in [0, 0.1) is 3.57 Å². The molecule has 0 unspecified atom stereocenters. The first-order valence-electron chi connectivity index (χ1n) is 8.94. The van der Waals surface area contributed by atoms with Gasteiger partial charge in [0.2, 0.25) is 0 Å². The van der Waals surface area contributed by atoms with Gasteiger partial charge in [-0.05, 0) is 85.3 Å². The summed E-state index contributed by atoms with van der Waals surface area (Å²) in [5.41, 5.74) is 0.00690. The Balaban J connectivity index is 2.03. The standard InChI is InChI=1S/C21H25ClINO4/c1-21(2,3)28-20(26)24(11-12-27-18-9-7-17(23)8-10-18)14-19(25)15-5-4-6-16(22)13-15/h4-10,13,19,25H,11-12,14H2,1-3H3/t19-/m0/s1. The molecule has 1 amide bonds. The van der Waals surface area contributed by atoms with E-state index in [-0.39, 0.29) is 19.7 Å². The van der Waals surface area contributed by atoms with Crippen molar-refractivity contribution in [2.45, 2.75) is 32.5 Å². The minimum Gasteiger partial charge on any atom is -0.492 e. The van der Waals surface area contributed by atoms with Crippen molar-refractivity contribution in [3.63, 3.8) is 0 Å². The van der Waals surface area contributed by atoms with E-state index < -0.39 is 17.8 Å². The topological polar surface area (TPSA) is 59.0 Å². The molecule has 0 radical (unpaired) electrons. The largest absolute Gasteiger partial charge is 0.492 e.